The van der Waals surface area contributed by atoms with E-state index in [1.54, 1.807) is 18.2 Å². The van der Waals surface area contributed by atoms with Crippen molar-refractivity contribution in [1.29, 1.82) is 0 Å². The van der Waals surface area contributed by atoms with E-state index in [1.807, 2.05) is 13.0 Å². The Morgan fingerprint density at radius 3 is 2.83 bits per heavy atom. The molecule has 1 aromatic carbocycles. The van der Waals surface area contributed by atoms with E-state index in [2.05, 4.69) is 5.32 Å². The number of hydrogen-bond acceptors (Lipinski definition) is 4. The lowest BCUT2D eigenvalue weighted by atomic mass is 10.0. The van der Waals surface area contributed by atoms with Gasteiger partial charge in [-0.25, -0.2) is 0 Å². The van der Waals surface area contributed by atoms with Crippen LogP contribution in [0.15, 0.2) is 24.3 Å². The highest BCUT2D eigenvalue weighted by Crippen LogP contribution is 2.19. The second-order valence-electron chi connectivity index (χ2n) is 4.36. The summed E-state index contributed by atoms with van der Waals surface area (Å²) in [5, 5.41) is 22.8. The van der Waals surface area contributed by atoms with Crippen molar-refractivity contribution in [2.45, 2.75) is 32.2 Å². The molecule has 0 heterocycles. The Morgan fingerprint density at radius 2 is 2.17 bits per heavy atom. The van der Waals surface area contributed by atoms with E-state index in [9.17, 15) is 10.1 Å². The van der Waals surface area contributed by atoms with Crippen LogP contribution in [0.2, 0.25) is 0 Å². The van der Waals surface area contributed by atoms with Gasteiger partial charge >= 0.3 is 0 Å². The minimum atomic E-state index is -0.334. The topological polar surface area (TPSA) is 75.4 Å². The summed E-state index contributed by atoms with van der Waals surface area (Å²) in [6.45, 7) is 3.00. The summed E-state index contributed by atoms with van der Waals surface area (Å²) in [5.41, 5.74) is 0.971. The third-order valence-corrected chi connectivity index (χ3v) is 2.86. The molecular formula is C13H20N2O3. The van der Waals surface area contributed by atoms with Gasteiger partial charge in [0.2, 0.25) is 0 Å². The molecule has 100 valence electrons. The summed E-state index contributed by atoms with van der Waals surface area (Å²) in [6.07, 6.45) is 2.26. The third kappa shape index (κ3) is 4.81. The fraction of sp³-hybridized carbons (Fsp3) is 0.538. The molecule has 0 amide bonds. The predicted molar refractivity (Wildman–Crippen MR) is 70.6 cm³/mol. The van der Waals surface area contributed by atoms with Crippen molar-refractivity contribution in [2.24, 2.45) is 0 Å². The van der Waals surface area contributed by atoms with Gasteiger partial charge < -0.3 is 10.4 Å². The molecule has 0 fully saturated rings. The number of hydrogen-bond donors (Lipinski definition) is 2. The lowest BCUT2D eigenvalue weighted by Gasteiger charge is -2.13. The Kier molecular flexibility index (Phi) is 6.32. The summed E-state index contributed by atoms with van der Waals surface area (Å²) >= 11 is 0. The molecule has 0 aliphatic heterocycles. The Bertz CT molecular complexity index is 382. The second kappa shape index (κ2) is 7.79. The Labute approximate surface area is 107 Å². The first-order chi connectivity index (χ1) is 8.65. The quantitative estimate of drug-likeness (QED) is 0.421. The number of nitro groups is 1. The maximum absolute atomic E-state index is 10.8. The van der Waals surface area contributed by atoms with E-state index in [4.69, 9.17) is 5.11 Å². The van der Waals surface area contributed by atoms with E-state index < -0.39 is 0 Å². The van der Waals surface area contributed by atoms with Gasteiger partial charge in [-0.05, 0) is 32.7 Å². The zero-order valence-electron chi connectivity index (χ0n) is 10.6. The van der Waals surface area contributed by atoms with Crippen molar-refractivity contribution in [2.75, 3.05) is 13.2 Å². The fourth-order valence-corrected chi connectivity index (χ4v) is 1.80. The van der Waals surface area contributed by atoms with Crippen LogP contribution in [0.25, 0.3) is 0 Å². The van der Waals surface area contributed by atoms with Crippen molar-refractivity contribution in [1.82, 2.24) is 5.32 Å². The first-order valence-corrected chi connectivity index (χ1v) is 6.21. The van der Waals surface area contributed by atoms with Crippen molar-refractivity contribution in [3.63, 3.8) is 0 Å². The smallest absolute Gasteiger partial charge is 0.272 e. The van der Waals surface area contributed by atoms with Crippen LogP contribution in [0.3, 0.4) is 0 Å². The van der Waals surface area contributed by atoms with E-state index >= 15 is 0 Å². The number of aryl methyl sites for hydroxylation is 1. The zero-order valence-corrected chi connectivity index (χ0v) is 10.6. The van der Waals surface area contributed by atoms with Gasteiger partial charge in [-0.1, -0.05) is 18.2 Å². The molecule has 0 saturated carbocycles. The monoisotopic (exact) mass is 252 g/mol. The van der Waals surface area contributed by atoms with E-state index in [-0.39, 0.29) is 23.3 Å². The average molecular weight is 252 g/mol. The van der Waals surface area contributed by atoms with Crippen LogP contribution in [0.4, 0.5) is 5.69 Å². The van der Waals surface area contributed by atoms with Gasteiger partial charge in [-0.2, -0.15) is 0 Å². The van der Waals surface area contributed by atoms with Crippen molar-refractivity contribution in [3.05, 3.63) is 39.9 Å². The molecule has 5 heteroatoms. The second-order valence-corrected chi connectivity index (χ2v) is 4.36. The van der Waals surface area contributed by atoms with Crippen molar-refractivity contribution >= 4 is 5.69 Å². The number of nitrogens with zero attached hydrogens (tertiary/aromatic N) is 1. The van der Waals surface area contributed by atoms with E-state index in [1.165, 1.54) is 0 Å². The molecule has 18 heavy (non-hydrogen) atoms. The van der Waals surface area contributed by atoms with Gasteiger partial charge in [-0.15, -0.1) is 0 Å². The van der Waals surface area contributed by atoms with Crippen LogP contribution in [0, 0.1) is 10.1 Å². The normalized spacial score (nSPS) is 12.3. The van der Waals surface area contributed by atoms with Crippen molar-refractivity contribution < 1.29 is 10.0 Å². The molecule has 0 spiro atoms. The van der Waals surface area contributed by atoms with Gasteiger partial charge in [-0.3, -0.25) is 10.1 Å². The number of nitrogens with one attached hydrogen (secondary N) is 1. The van der Waals surface area contributed by atoms with Gasteiger partial charge in [0.15, 0.2) is 0 Å². The van der Waals surface area contributed by atoms with Gasteiger partial charge in [0, 0.05) is 24.3 Å². The first-order valence-electron chi connectivity index (χ1n) is 6.21. The van der Waals surface area contributed by atoms with E-state index in [0.29, 0.717) is 6.42 Å². The molecule has 0 radical (unpaired) electrons. The Hall–Kier alpha value is -1.46. The zero-order chi connectivity index (χ0) is 13.4. The van der Waals surface area contributed by atoms with Crippen LogP contribution < -0.4 is 5.32 Å². The molecule has 0 bridgehead atoms. The molecule has 0 aliphatic carbocycles. The highest BCUT2D eigenvalue weighted by atomic mass is 16.6. The largest absolute Gasteiger partial charge is 0.396 e. The van der Waals surface area contributed by atoms with Gasteiger partial charge in [0.1, 0.15) is 0 Å². The number of nitro benzene ring substituents is 1. The summed E-state index contributed by atoms with van der Waals surface area (Å²) in [7, 11) is 0. The predicted octanol–water partition coefficient (Wildman–Crippen LogP) is 1.89. The fourth-order valence-electron chi connectivity index (χ4n) is 1.80. The number of rotatable bonds is 8. The van der Waals surface area contributed by atoms with Crippen molar-refractivity contribution in [3.8, 4) is 0 Å². The van der Waals surface area contributed by atoms with Gasteiger partial charge in [0.05, 0.1) is 4.92 Å². The molecule has 2 N–H and O–H groups in total. The summed E-state index contributed by atoms with van der Waals surface area (Å²) in [4.78, 5) is 10.5. The summed E-state index contributed by atoms with van der Waals surface area (Å²) in [6, 6.07) is 7.14. The molecule has 0 saturated heterocycles. The number of para-hydroxylation sites is 1. The highest BCUT2D eigenvalue weighted by molar-refractivity contribution is 5.39. The molecule has 1 rings (SSSR count). The van der Waals surface area contributed by atoms with Gasteiger partial charge in [0.25, 0.3) is 5.69 Å². The molecule has 0 aromatic heterocycles. The maximum Gasteiger partial charge on any atom is 0.272 e. The van der Waals surface area contributed by atoms with Crippen LogP contribution in [-0.2, 0) is 6.42 Å². The average Bonchev–Trinajstić information content (AvgIpc) is 2.37. The van der Waals surface area contributed by atoms with Crippen LogP contribution in [-0.4, -0.2) is 29.2 Å². The van der Waals surface area contributed by atoms with E-state index in [0.717, 1.165) is 24.9 Å². The first kappa shape index (κ1) is 14.6. The molecule has 1 aromatic rings. The number of aliphatic hydroxyl groups excluding tert-OH is 1. The molecular weight excluding hydrogens is 232 g/mol. The third-order valence-electron chi connectivity index (χ3n) is 2.86. The van der Waals surface area contributed by atoms with Crippen LogP contribution in [0.5, 0.6) is 0 Å². The molecule has 0 aliphatic rings. The van der Waals surface area contributed by atoms with Crippen LogP contribution >= 0.6 is 0 Å². The lowest BCUT2D eigenvalue weighted by molar-refractivity contribution is -0.385. The maximum atomic E-state index is 10.8. The standard InChI is InChI=1S/C13H20N2O3/c1-11(14-9-4-10-16)7-8-12-5-2-3-6-13(12)15(17)18/h2-3,5-6,11,14,16H,4,7-10H2,1H3. The lowest BCUT2D eigenvalue weighted by Crippen LogP contribution is -2.28. The number of benzene rings is 1. The minimum absolute atomic E-state index is 0.184. The Balaban J connectivity index is 2.45. The summed E-state index contributed by atoms with van der Waals surface area (Å²) < 4.78 is 0. The minimum Gasteiger partial charge on any atom is -0.396 e. The Morgan fingerprint density at radius 1 is 1.44 bits per heavy atom. The SMILES string of the molecule is CC(CCc1ccccc1[N+](=O)[O-])NCCCO. The molecule has 5 nitrogen and oxygen atoms in total. The number of aliphatic hydroxyl groups is 1. The molecule has 1 atom stereocenters. The van der Waals surface area contributed by atoms with Crippen LogP contribution in [0.1, 0.15) is 25.3 Å². The summed E-state index contributed by atoms with van der Waals surface area (Å²) in [5.74, 6) is 0. The highest BCUT2D eigenvalue weighted by Gasteiger charge is 2.12. The molecule has 1 unspecified atom stereocenters.